The van der Waals surface area contributed by atoms with Crippen LogP contribution in [0.3, 0.4) is 0 Å². The second-order valence-corrected chi connectivity index (χ2v) is 6.22. The fourth-order valence-electron chi connectivity index (χ4n) is 3.06. The van der Waals surface area contributed by atoms with Crippen molar-refractivity contribution in [2.75, 3.05) is 31.2 Å². The van der Waals surface area contributed by atoms with Crippen LogP contribution in [0.15, 0.2) is 42.5 Å². The lowest BCUT2D eigenvalue weighted by Gasteiger charge is -2.28. The molecule has 3 heterocycles. The minimum absolute atomic E-state index is 0.605. The van der Waals surface area contributed by atoms with Gasteiger partial charge in [-0.2, -0.15) is 10.1 Å². The van der Waals surface area contributed by atoms with Crippen molar-refractivity contribution >= 4 is 5.82 Å². The summed E-state index contributed by atoms with van der Waals surface area (Å²) in [7, 11) is 0. The van der Waals surface area contributed by atoms with Crippen LogP contribution in [0.1, 0.15) is 11.4 Å². The van der Waals surface area contributed by atoms with E-state index in [0.29, 0.717) is 5.95 Å². The van der Waals surface area contributed by atoms with E-state index in [1.54, 1.807) is 0 Å². The van der Waals surface area contributed by atoms with Crippen LogP contribution in [0.4, 0.5) is 5.82 Å². The number of hydrogen-bond donors (Lipinski definition) is 0. The molecule has 0 amide bonds. The normalized spacial score (nSPS) is 14.7. The number of morpholine rings is 1. The highest BCUT2D eigenvalue weighted by Gasteiger charge is 2.17. The molecule has 0 aliphatic carbocycles. The Morgan fingerprint density at radius 3 is 2.40 bits per heavy atom. The van der Waals surface area contributed by atoms with E-state index in [0.717, 1.165) is 54.8 Å². The first kappa shape index (κ1) is 15.8. The molecular weight excluding hydrogens is 314 g/mol. The minimum Gasteiger partial charge on any atom is -0.378 e. The second-order valence-electron chi connectivity index (χ2n) is 6.22. The van der Waals surface area contributed by atoms with Gasteiger partial charge in [0.1, 0.15) is 5.82 Å². The molecule has 1 aliphatic heterocycles. The number of ether oxygens (including phenoxy) is 1. The molecule has 0 spiro atoms. The van der Waals surface area contributed by atoms with E-state index in [1.807, 2.05) is 42.8 Å². The van der Waals surface area contributed by atoms with Crippen molar-refractivity contribution in [3.8, 4) is 17.2 Å². The highest BCUT2D eigenvalue weighted by Crippen LogP contribution is 2.24. The molecule has 0 atom stereocenters. The summed E-state index contributed by atoms with van der Waals surface area (Å²) in [5, 5.41) is 4.55. The molecule has 4 rings (SSSR count). The number of rotatable bonds is 3. The minimum atomic E-state index is 0.605. The van der Waals surface area contributed by atoms with Crippen molar-refractivity contribution in [2.45, 2.75) is 13.8 Å². The van der Waals surface area contributed by atoms with Crippen LogP contribution >= 0.6 is 0 Å². The monoisotopic (exact) mass is 335 g/mol. The first-order chi connectivity index (χ1) is 12.2. The molecule has 2 aromatic heterocycles. The molecule has 0 bridgehead atoms. The van der Waals surface area contributed by atoms with Gasteiger partial charge in [0, 0.05) is 30.4 Å². The lowest BCUT2D eigenvalue weighted by Crippen LogP contribution is -2.37. The molecule has 1 saturated heterocycles. The van der Waals surface area contributed by atoms with E-state index in [4.69, 9.17) is 14.7 Å². The summed E-state index contributed by atoms with van der Waals surface area (Å²) in [6.45, 7) is 7.11. The molecule has 6 heteroatoms. The topological polar surface area (TPSA) is 56.1 Å². The van der Waals surface area contributed by atoms with Crippen LogP contribution in [0.5, 0.6) is 0 Å². The Labute approximate surface area is 147 Å². The van der Waals surface area contributed by atoms with E-state index in [2.05, 4.69) is 28.2 Å². The quantitative estimate of drug-likeness (QED) is 0.737. The molecule has 128 valence electrons. The SMILES string of the molecule is Cc1cc(C)n(-c2nc(-c3ccccc3)cc(N3CCOCC3)n2)n1. The number of nitrogens with zero attached hydrogens (tertiary/aromatic N) is 5. The molecule has 0 unspecified atom stereocenters. The number of aryl methyl sites for hydroxylation is 2. The lowest BCUT2D eigenvalue weighted by molar-refractivity contribution is 0.122. The average Bonchev–Trinajstić information content (AvgIpc) is 3.01. The number of hydrogen-bond acceptors (Lipinski definition) is 5. The molecule has 0 saturated carbocycles. The highest BCUT2D eigenvalue weighted by atomic mass is 16.5. The van der Waals surface area contributed by atoms with Gasteiger partial charge in [-0.3, -0.25) is 0 Å². The maximum Gasteiger partial charge on any atom is 0.253 e. The van der Waals surface area contributed by atoms with Gasteiger partial charge in [-0.25, -0.2) is 9.67 Å². The third-order valence-corrected chi connectivity index (χ3v) is 4.30. The van der Waals surface area contributed by atoms with Crippen LogP contribution < -0.4 is 4.90 Å². The van der Waals surface area contributed by atoms with Gasteiger partial charge in [0.25, 0.3) is 5.95 Å². The van der Waals surface area contributed by atoms with Crippen molar-refractivity contribution in [1.29, 1.82) is 0 Å². The molecule has 0 N–H and O–H groups in total. The summed E-state index contributed by atoms with van der Waals surface area (Å²) in [5.74, 6) is 1.52. The lowest BCUT2D eigenvalue weighted by atomic mass is 10.1. The fourth-order valence-corrected chi connectivity index (χ4v) is 3.06. The summed E-state index contributed by atoms with van der Waals surface area (Å²) in [4.78, 5) is 11.8. The first-order valence-corrected chi connectivity index (χ1v) is 8.51. The standard InChI is InChI=1S/C19H21N5O/c1-14-12-15(2)24(22-14)19-20-17(16-6-4-3-5-7-16)13-18(21-19)23-8-10-25-11-9-23/h3-7,12-13H,8-11H2,1-2H3. The Bertz CT molecular complexity index is 869. The van der Waals surface area contributed by atoms with Crippen LogP contribution in [0.2, 0.25) is 0 Å². The molecule has 3 aromatic rings. The predicted molar refractivity (Wildman–Crippen MR) is 97.1 cm³/mol. The Balaban J connectivity index is 1.84. The van der Waals surface area contributed by atoms with Gasteiger partial charge in [-0.1, -0.05) is 30.3 Å². The summed E-state index contributed by atoms with van der Waals surface area (Å²) in [6, 6.07) is 14.3. The van der Waals surface area contributed by atoms with Crippen molar-refractivity contribution in [1.82, 2.24) is 19.7 Å². The zero-order valence-electron chi connectivity index (χ0n) is 14.5. The van der Waals surface area contributed by atoms with Crippen LogP contribution in [-0.2, 0) is 4.74 Å². The summed E-state index contributed by atoms with van der Waals surface area (Å²) >= 11 is 0. The largest absolute Gasteiger partial charge is 0.378 e. The fraction of sp³-hybridized carbons (Fsp3) is 0.316. The van der Waals surface area contributed by atoms with Gasteiger partial charge in [0.2, 0.25) is 0 Å². The van der Waals surface area contributed by atoms with Gasteiger partial charge in [-0.05, 0) is 19.9 Å². The summed E-state index contributed by atoms with van der Waals surface area (Å²) in [5.41, 5.74) is 3.96. The maximum absolute atomic E-state index is 5.47. The third-order valence-electron chi connectivity index (χ3n) is 4.30. The van der Waals surface area contributed by atoms with Crippen molar-refractivity contribution in [2.24, 2.45) is 0 Å². The summed E-state index contributed by atoms with van der Waals surface area (Å²) in [6.07, 6.45) is 0. The molecule has 1 aliphatic rings. The Kier molecular flexibility index (Phi) is 4.19. The third kappa shape index (κ3) is 3.25. The highest BCUT2D eigenvalue weighted by molar-refractivity contribution is 5.63. The average molecular weight is 335 g/mol. The Morgan fingerprint density at radius 1 is 0.960 bits per heavy atom. The van der Waals surface area contributed by atoms with Gasteiger partial charge in [-0.15, -0.1) is 0 Å². The predicted octanol–water partition coefficient (Wildman–Crippen LogP) is 2.78. The maximum atomic E-state index is 5.47. The van der Waals surface area contributed by atoms with E-state index < -0.39 is 0 Å². The van der Waals surface area contributed by atoms with Crippen molar-refractivity contribution in [3.63, 3.8) is 0 Å². The van der Waals surface area contributed by atoms with Gasteiger partial charge in [0.15, 0.2) is 0 Å². The second kappa shape index (κ2) is 6.64. The zero-order valence-corrected chi connectivity index (χ0v) is 14.5. The molecule has 1 fully saturated rings. The Hall–Kier alpha value is -2.73. The van der Waals surface area contributed by atoms with Gasteiger partial charge < -0.3 is 9.64 Å². The van der Waals surface area contributed by atoms with E-state index in [9.17, 15) is 0 Å². The van der Waals surface area contributed by atoms with Crippen LogP contribution in [-0.4, -0.2) is 46.1 Å². The number of benzene rings is 1. The van der Waals surface area contributed by atoms with E-state index in [-0.39, 0.29) is 0 Å². The smallest absolute Gasteiger partial charge is 0.253 e. The molecule has 25 heavy (non-hydrogen) atoms. The number of anilines is 1. The van der Waals surface area contributed by atoms with E-state index >= 15 is 0 Å². The van der Waals surface area contributed by atoms with Gasteiger partial charge in [0.05, 0.1) is 24.6 Å². The summed E-state index contributed by atoms with van der Waals surface area (Å²) < 4.78 is 7.28. The van der Waals surface area contributed by atoms with Crippen molar-refractivity contribution in [3.05, 3.63) is 53.9 Å². The van der Waals surface area contributed by atoms with Crippen molar-refractivity contribution < 1.29 is 4.74 Å². The molecule has 0 radical (unpaired) electrons. The molecule has 1 aromatic carbocycles. The van der Waals surface area contributed by atoms with Crippen LogP contribution in [0.25, 0.3) is 17.2 Å². The van der Waals surface area contributed by atoms with E-state index in [1.165, 1.54) is 0 Å². The molecule has 6 nitrogen and oxygen atoms in total. The first-order valence-electron chi connectivity index (χ1n) is 8.51. The number of aromatic nitrogens is 4. The van der Waals surface area contributed by atoms with Crippen LogP contribution in [0, 0.1) is 13.8 Å². The molecular formula is C19H21N5O. The van der Waals surface area contributed by atoms with Gasteiger partial charge >= 0.3 is 0 Å². The zero-order chi connectivity index (χ0) is 17.2. The Morgan fingerprint density at radius 2 is 1.72 bits per heavy atom.